The second-order valence-electron chi connectivity index (χ2n) is 4.68. The van der Waals surface area contributed by atoms with E-state index < -0.39 is 17.5 Å². The molecule has 116 valence electrons. The third-order valence-electron chi connectivity index (χ3n) is 3.35. The quantitative estimate of drug-likeness (QED) is 0.631. The molecule has 0 atom stereocenters. The number of aromatic carboxylic acids is 1. The Labute approximate surface area is 135 Å². The van der Waals surface area contributed by atoms with E-state index in [0.29, 0.717) is 5.56 Å². The van der Waals surface area contributed by atoms with E-state index in [0.717, 1.165) is 0 Å². The monoisotopic (exact) mass is 331 g/mol. The van der Waals surface area contributed by atoms with Crippen LogP contribution in [-0.2, 0) is 0 Å². The smallest absolute Gasteiger partial charge is 0.337 e. The maximum absolute atomic E-state index is 11.8. The molecular weight excluding hydrogens is 322 g/mol. The van der Waals surface area contributed by atoms with Gasteiger partial charge in [0.15, 0.2) is 17.3 Å². The van der Waals surface area contributed by atoms with Crippen molar-refractivity contribution in [2.45, 2.75) is 0 Å². The molecule has 23 heavy (non-hydrogen) atoms. The standard InChI is InChI=1S/C16H10ClNO5/c17-13-10(8-4-2-1-3-5-8)12(16(21)22)11(14(19)15(13)20)9-6-7-18-23-9/h1-7,19-20H,(H,21,22). The van der Waals surface area contributed by atoms with Crippen molar-refractivity contribution in [2.75, 3.05) is 0 Å². The van der Waals surface area contributed by atoms with Gasteiger partial charge >= 0.3 is 5.97 Å². The number of phenolic OH excluding ortho intramolecular Hbond substituents is 2. The number of halogens is 1. The Morgan fingerprint density at radius 2 is 1.74 bits per heavy atom. The molecule has 2 aromatic carbocycles. The first-order chi connectivity index (χ1) is 11.0. The molecule has 3 aromatic rings. The molecule has 0 aliphatic rings. The topological polar surface area (TPSA) is 104 Å². The Balaban J connectivity index is 2.47. The number of phenols is 2. The lowest BCUT2D eigenvalue weighted by molar-refractivity contribution is 0.0698. The summed E-state index contributed by atoms with van der Waals surface area (Å²) in [5, 5.41) is 33.1. The predicted molar refractivity (Wildman–Crippen MR) is 82.7 cm³/mol. The van der Waals surface area contributed by atoms with Gasteiger partial charge in [0.1, 0.15) is 0 Å². The first-order valence-electron chi connectivity index (χ1n) is 6.49. The van der Waals surface area contributed by atoms with Gasteiger partial charge in [-0.2, -0.15) is 0 Å². The number of benzene rings is 2. The van der Waals surface area contributed by atoms with E-state index >= 15 is 0 Å². The average molecular weight is 332 g/mol. The highest BCUT2D eigenvalue weighted by Crippen LogP contribution is 2.49. The van der Waals surface area contributed by atoms with Crippen molar-refractivity contribution in [3.8, 4) is 33.9 Å². The van der Waals surface area contributed by atoms with E-state index in [2.05, 4.69) is 5.16 Å². The molecule has 0 radical (unpaired) electrons. The number of hydrogen-bond acceptors (Lipinski definition) is 5. The molecule has 0 unspecified atom stereocenters. The van der Waals surface area contributed by atoms with Crippen molar-refractivity contribution in [2.24, 2.45) is 0 Å². The van der Waals surface area contributed by atoms with Gasteiger partial charge in [-0.15, -0.1) is 0 Å². The molecule has 0 bridgehead atoms. The molecule has 3 N–H and O–H groups in total. The SMILES string of the molecule is O=C(O)c1c(-c2ccno2)c(O)c(O)c(Cl)c1-c1ccccc1. The van der Waals surface area contributed by atoms with Crippen molar-refractivity contribution in [1.82, 2.24) is 5.16 Å². The fourth-order valence-corrected chi connectivity index (χ4v) is 2.66. The molecule has 3 rings (SSSR count). The number of carboxylic acids is 1. The van der Waals surface area contributed by atoms with Crippen LogP contribution in [0.3, 0.4) is 0 Å². The third-order valence-corrected chi connectivity index (χ3v) is 3.72. The Kier molecular flexibility index (Phi) is 3.67. The highest BCUT2D eigenvalue weighted by Gasteiger charge is 2.29. The Morgan fingerprint density at radius 1 is 1.04 bits per heavy atom. The molecule has 0 aliphatic carbocycles. The lowest BCUT2D eigenvalue weighted by Crippen LogP contribution is -2.04. The van der Waals surface area contributed by atoms with Crippen molar-refractivity contribution in [3.05, 3.63) is 53.2 Å². The van der Waals surface area contributed by atoms with Crippen LogP contribution in [0.5, 0.6) is 11.5 Å². The summed E-state index contributed by atoms with van der Waals surface area (Å²) in [6.45, 7) is 0. The number of carboxylic acid groups (broad SMARTS) is 1. The van der Waals surface area contributed by atoms with E-state index in [1.54, 1.807) is 30.3 Å². The van der Waals surface area contributed by atoms with Gasteiger partial charge in [0.05, 0.1) is 22.3 Å². The minimum absolute atomic E-state index is 0.00375. The van der Waals surface area contributed by atoms with Crippen LogP contribution in [-0.4, -0.2) is 26.4 Å². The van der Waals surface area contributed by atoms with Crippen molar-refractivity contribution in [3.63, 3.8) is 0 Å². The lowest BCUT2D eigenvalue weighted by atomic mass is 9.92. The zero-order valence-electron chi connectivity index (χ0n) is 11.5. The molecule has 0 aliphatic heterocycles. The largest absolute Gasteiger partial charge is 0.504 e. The van der Waals surface area contributed by atoms with Crippen LogP contribution in [0.2, 0.25) is 5.02 Å². The fourth-order valence-electron chi connectivity index (χ4n) is 2.37. The summed E-state index contributed by atoms with van der Waals surface area (Å²) in [7, 11) is 0. The van der Waals surface area contributed by atoms with Crippen LogP contribution in [0, 0.1) is 0 Å². The summed E-state index contributed by atoms with van der Waals surface area (Å²) in [5.74, 6) is -2.62. The number of carbonyl (C=O) groups is 1. The maximum Gasteiger partial charge on any atom is 0.337 e. The second kappa shape index (κ2) is 5.66. The first-order valence-corrected chi connectivity index (χ1v) is 6.87. The number of aromatic nitrogens is 1. The molecule has 0 amide bonds. The van der Waals surface area contributed by atoms with Crippen LogP contribution >= 0.6 is 11.6 Å². The van der Waals surface area contributed by atoms with Gasteiger partial charge in [-0.05, 0) is 5.56 Å². The van der Waals surface area contributed by atoms with Gasteiger partial charge in [0.2, 0.25) is 0 Å². The molecule has 7 heteroatoms. The van der Waals surface area contributed by atoms with Crippen molar-refractivity contribution in [1.29, 1.82) is 0 Å². The minimum Gasteiger partial charge on any atom is -0.504 e. The third kappa shape index (κ3) is 2.39. The summed E-state index contributed by atoms with van der Waals surface area (Å²) >= 11 is 6.10. The molecular formula is C16H10ClNO5. The van der Waals surface area contributed by atoms with Crippen LogP contribution < -0.4 is 0 Å². The normalized spacial score (nSPS) is 10.7. The summed E-state index contributed by atoms with van der Waals surface area (Å²) in [4.78, 5) is 11.8. The Hall–Kier alpha value is -2.99. The van der Waals surface area contributed by atoms with Gasteiger partial charge in [-0.3, -0.25) is 0 Å². The number of rotatable bonds is 3. The second-order valence-corrected chi connectivity index (χ2v) is 5.06. The number of aromatic hydroxyl groups is 2. The van der Waals surface area contributed by atoms with Crippen LogP contribution in [0.1, 0.15) is 10.4 Å². The molecule has 0 saturated heterocycles. The van der Waals surface area contributed by atoms with Crippen LogP contribution in [0.4, 0.5) is 0 Å². The average Bonchev–Trinajstić information content (AvgIpc) is 3.07. The predicted octanol–water partition coefficient (Wildman–Crippen LogP) is 3.77. The van der Waals surface area contributed by atoms with E-state index in [1.807, 2.05) is 0 Å². The zero-order chi connectivity index (χ0) is 16.6. The minimum atomic E-state index is -1.33. The van der Waals surface area contributed by atoms with Crippen LogP contribution in [0.15, 0.2) is 47.1 Å². The van der Waals surface area contributed by atoms with Gasteiger partial charge < -0.3 is 19.8 Å². The molecule has 0 saturated carbocycles. The summed E-state index contributed by atoms with van der Waals surface area (Å²) < 4.78 is 4.95. The highest BCUT2D eigenvalue weighted by atomic mass is 35.5. The van der Waals surface area contributed by atoms with E-state index in [9.17, 15) is 20.1 Å². The number of hydrogen-bond donors (Lipinski definition) is 3. The zero-order valence-corrected chi connectivity index (χ0v) is 12.3. The molecule has 6 nitrogen and oxygen atoms in total. The molecule has 1 aromatic heterocycles. The summed E-state index contributed by atoms with van der Waals surface area (Å²) in [6.07, 6.45) is 1.30. The maximum atomic E-state index is 11.8. The number of nitrogens with zero attached hydrogens (tertiary/aromatic N) is 1. The Bertz CT molecular complexity index is 875. The summed E-state index contributed by atoms with van der Waals surface area (Å²) in [5.41, 5.74) is 0.0939. The van der Waals surface area contributed by atoms with Gasteiger partial charge in [-0.25, -0.2) is 4.79 Å². The van der Waals surface area contributed by atoms with Crippen molar-refractivity contribution >= 4 is 17.6 Å². The van der Waals surface area contributed by atoms with E-state index in [1.165, 1.54) is 12.3 Å². The molecule has 1 heterocycles. The van der Waals surface area contributed by atoms with E-state index in [4.69, 9.17) is 16.1 Å². The summed E-state index contributed by atoms with van der Waals surface area (Å²) in [6, 6.07) is 9.84. The fraction of sp³-hybridized carbons (Fsp3) is 0. The first kappa shape index (κ1) is 14.9. The highest BCUT2D eigenvalue weighted by molar-refractivity contribution is 6.36. The van der Waals surface area contributed by atoms with Crippen LogP contribution in [0.25, 0.3) is 22.5 Å². The molecule has 0 fully saturated rings. The van der Waals surface area contributed by atoms with Gasteiger partial charge in [0.25, 0.3) is 0 Å². The van der Waals surface area contributed by atoms with Gasteiger partial charge in [-0.1, -0.05) is 47.1 Å². The van der Waals surface area contributed by atoms with Gasteiger partial charge in [0, 0.05) is 11.6 Å². The van der Waals surface area contributed by atoms with E-state index in [-0.39, 0.29) is 27.5 Å². The Morgan fingerprint density at radius 3 is 2.30 bits per heavy atom. The lowest BCUT2D eigenvalue weighted by Gasteiger charge is -2.15. The van der Waals surface area contributed by atoms with Crippen molar-refractivity contribution < 1.29 is 24.6 Å². The molecule has 0 spiro atoms.